The molecule has 0 atom stereocenters. The van der Waals surface area contributed by atoms with Crippen molar-refractivity contribution in [1.29, 1.82) is 0 Å². The minimum atomic E-state index is -1.92. The van der Waals surface area contributed by atoms with Gasteiger partial charge in [0.2, 0.25) is 27.2 Å². The minimum absolute atomic E-state index is 0.0304. The van der Waals surface area contributed by atoms with Crippen LogP contribution in [0.1, 0.15) is 74.2 Å². The molecule has 424 valence electrons. The minimum Gasteiger partial charge on any atom is -0.488 e. The number of ether oxygens (including phenoxy) is 14. The van der Waals surface area contributed by atoms with Gasteiger partial charge in [-0.1, -0.05) is 6.07 Å². The average molecular weight is 1120 g/mol. The van der Waals surface area contributed by atoms with Crippen LogP contribution in [0.5, 0.6) is 34.5 Å². The first kappa shape index (κ1) is 59.3. The van der Waals surface area contributed by atoms with Crippen LogP contribution in [0.4, 0.5) is 11.4 Å². The summed E-state index contributed by atoms with van der Waals surface area (Å²) in [5, 5.41) is 0. The Morgan fingerprint density at radius 1 is 0.450 bits per heavy atom. The highest BCUT2D eigenvalue weighted by atomic mass is 16.7. The summed E-state index contributed by atoms with van der Waals surface area (Å²) in [4.78, 5) is 139. The summed E-state index contributed by atoms with van der Waals surface area (Å²) in [5.41, 5.74) is -0.918. The Hall–Kier alpha value is -9.95. The summed E-state index contributed by atoms with van der Waals surface area (Å²) >= 11 is 0. The quantitative estimate of drug-likeness (QED) is 0.0300. The number of aryl methyl sites for hydroxylation is 1. The van der Waals surface area contributed by atoms with Gasteiger partial charge >= 0.3 is 65.7 Å². The molecule has 0 fully saturated rings. The predicted octanol–water partition coefficient (Wildman–Crippen LogP) is 3.74. The molecule has 0 amide bonds. The molecule has 0 bridgehead atoms. The van der Waals surface area contributed by atoms with Crippen LogP contribution in [-0.4, -0.2) is 132 Å². The Balaban J connectivity index is 1.45. The summed E-state index contributed by atoms with van der Waals surface area (Å²) in [5.74, 6) is -9.24. The third-order valence-corrected chi connectivity index (χ3v) is 11.0. The predicted molar refractivity (Wildman–Crippen MR) is 265 cm³/mol. The highest BCUT2D eigenvalue weighted by Crippen LogP contribution is 2.58. The fraction of sp³-hybridized carbons (Fsp3) is 0.340. The second kappa shape index (κ2) is 26.9. The van der Waals surface area contributed by atoms with Gasteiger partial charge in [-0.25, -0.2) is 4.79 Å². The highest BCUT2D eigenvalue weighted by molar-refractivity contribution is 5.99. The van der Waals surface area contributed by atoms with Gasteiger partial charge in [0.05, 0.1) is 16.9 Å². The number of esters is 11. The van der Waals surface area contributed by atoms with Gasteiger partial charge in [-0.3, -0.25) is 47.9 Å². The number of benzene rings is 4. The molecule has 0 unspecified atom stereocenters. The topological polar surface area (TPSA) is 323 Å². The van der Waals surface area contributed by atoms with E-state index in [1.165, 1.54) is 73.3 Å². The maximum absolute atomic E-state index is 14.5. The van der Waals surface area contributed by atoms with E-state index >= 15 is 0 Å². The molecule has 27 nitrogen and oxygen atoms in total. The van der Waals surface area contributed by atoms with Crippen LogP contribution in [0.15, 0.2) is 66.7 Å². The van der Waals surface area contributed by atoms with Gasteiger partial charge in [0.15, 0.2) is 5.60 Å². The van der Waals surface area contributed by atoms with Gasteiger partial charge < -0.3 is 76.1 Å². The molecular weight excluding hydrogens is 1060 g/mol. The number of fused-ring (bicyclic) bond motifs is 6. The van der Waals surface area contributed by atoms with Crippen molar-refractivity contribution in [2.75, 3.05) is 76.4 Å². The molecular formula is C53H52N2O25. The van der Waals surface area contributed by atoms with Crippen molar-refractivity contribution in [2.24, 2.45) is 0 Å². The maximum atomic E-state index is 14.5. The molecule has 6 rings (SSSR count). The number of anilines is 2. The summed E-state index contributed by atoms with van der Waals surface area (Å²) < 4.78 is 75.2. The first-order valence-corrected chi connectivity index (χ1v) is 23.8. The molecule has 2 aliphatic rings. The molecule has 1 spiro atoms. The van der Waals surface area contributed by atoms with Crippen LogP contribution in [0.3, 0.4) is 0 Å². The first-order chi connectivity index (χ1) is 38.0. The van der Waals surface area contributed by atoms with Crippen LogP contribution in [0.2, 0.25) is 0 Å². The Labute approximate surface area is 454 Å². The van der Waals surface area contributed by atoms with Crippen molar-refractivity contribution in [1.82, 2.24) is 0 Å². The number of nitrogens with zero attached hydrogens (tertiary/aromatic N) is 2. The second-order valence-corrected chi connectivity index (χ2v) is 17.0. The lowest BCUT2D eigenvalue weighted by atomic mass is 9.77. The smallest absolute Gasteiger partial charge is 0.340 e. The molecule has 0 radical (unpaired) electrons. The van der Waals surface area contributed by atoms with Crippen molar-refractivity contribution in [2.45, 2.75) is 54.1 Å². The first-order valence-electron chi connectivity index (χ1n) is 23.8. The van der Waals surface area contributed by atoms with Crippen molar-refractivity contribution in [3.05, 3.63) is 94.5 Å². The van der Waals surface area contributed by atoms with Crippen LogP contribution < -0.4 is 33.5 Å². The molecule has 2 aliphatic heterocycles. The van der Waals surface area contributed by atoms with E-state index in [2.05, 4.69) is 0 Å². The number of carbonyl (C=O) groups is 11. The normalized spacial score (nSPS) is 12.0. The van der Waals surface area contributed by atoms with Crippen LogP contribution in [-0.2, 0) is 96.2 Å². The molecule has 0 saturated carbocycles. The molecule has 4 aromatic carbocycles. The third-order valence-electron chi connectivity index (χ3n) is 11.0. The fourth-order valence-electron chi connectivity index (χ4n) is 7.79. The van der Waals surface area contributed by atoms with Gasteiger partial charge in [-0.2, -0.15) is 0 Å². The molecule has 0 saturated heterocycles. The zero-order chi connectivity index (χ0) is 58.3. The van der Waals surface area contributed by atoms with Crippen molar-refractivity contribution >= 4 is 77.0 Å². The van der Waals surface area contributed by atoms with Gasteiger partial charge in [0, 0.05) is 70.4 Å². The Bertz CT molecular complexity index is 2960. The summed E-state index contributed by atoms with van der Waals surface area (Å²) in [6, 6.07) is 16.0. The maximum Gasteiger partial charge on any atom is 0.340 e. The molecule has 0 aromatic heterocycles. The number of rotatable bonds is 25. The van der Waals surface area contributed by atoms with E-state index in [4.69, 9.17) is 66.3 Å². The van der Waals surface area contributed by atoms with Crippen molar-refractivity contribution in [3.8, 4) is 34.5 Å². The monoisotopic (exact) mass is 1120 g/mol. The number of carbonyl (C=O) groups excluding carboxylic acids is 11. The lowest BCUT2D eigenvalue weighted by Crippen LogP contribution is -2.37. The van der Waals surface area contributed by atoms with E-state index in [1.807, 2.05) is 0 Å². The Morgan fingerprint density at radius 3 is 1.25 bits per heavy atom. The fourth-order valence-corrected chi connectivity index (χ4v) is 7.79. The van der Waals surface area contributed by atoms with Gasteiger partial charge in [-0.15, -0.1) is 0 Å². The Kier molecular flexibility index (Phi) is 19.9. The average Bonchev–Trinajstić information content (AvgIpc) is 3.90. The summed E-state index contributed by atoms with van der Waals surface area (Å²) in [7, 11) is 0. The van der Waals surface area contributed by atoms with E-state index in [1.54, 1.807) is 19.1 Å². The van der Waals surface area contributed by atoms with E-state index in [0.29, 0.717) is 5.56 Å². The third kappa shape index (κ3) is 15.8. The molecule has 27 heteroatoms. The summed E-state index contributed by atoms with van der Waals surface area (Å²) in [6.07, 6.45) is 0. The van der Waals surface area contributed by atoms with Gasteiger partial charge in [0.25, 0.3) is 0 Å². The van der Waals surface area contributed by atoms with Crippen LogP contribution in [0.25, 0.3) is 0 Å². The standard InChI is InChI=1S/C53H52N2O25/c1-29-8-13-42(54(21-48(62)73-25-69-30(2)56)22-49(63)74-26-70-31(3)57)46(16-29)67-14-15-68-47-20-41-38(19-43(47)55(23-50(64)75-27-71-32(4)58)24-51(65)76-28-72-33(5)59)52(66)80-53(41)39-11-9-36(77-34(6)60)17-44(39)79-45-18-37(78-35(7)61)10-12-40(45)53/h8-13,16-20H,14-15,21-28H2,1-7H3. The van der Waals surface area contributed by atoms with E-state index in [-0.39, 0.29) is 74.7 Å². The van der Waals surface area contributed by atoms with E-state index < -0.39 is 131 Å². The zero-order valence-electron chi connectivity index (χ0n) is 44.0. The Morgan fingerprint density at radius 2 is 0.850 bits per heavy atom. The largest absolute Gasteiger partial charge is 0.488 e. The highest BCUT2D eigenvalue weighted by Gasteiger charge is 2.54. The molecule has 0 aliphatic carbocycles. The van der Waals surface area contributed by atoms with Crippen molar-refractivity contribution in [3.63, 3.8) is 0 Å². The second-order valence-electron chi connectivity index (χ2n) is 17.0. The van der Waals surface area contributed by atoms with E-state index in [0.717, 1.165) is 32.6 Å². The van der Waals surface area contributed by atoms with Crippen molar-refractivity contribution < 1.29 is 119 Å². The zero-order valence-corrected chi connectivity index (χ0v) is 44.0. The molecule has 2 heterocycles. The molecule has 80 heavy (non-hydrogen) atoms. The van der Waals surface area contributed by atoms with Gasteiger partial charge in [-0.05, 0) is 61.0 Å². The number of hydrogen-bond acceptors (Lipinski definition) is 27. The lowest BCUT2D eigenvalue weighted by molar-refractivity contribution is -0.167. The van der Waals surface area contributed by atoms with Gasteiger partial charge in [0.1, 0.15) is 73.9 Å². The number of hydrogen-bond donors (Lipinski definition) is 0. The van der Waals surface area contributed by atoms with Crippen LogP contribution >= 0.6 is 0 Å². The molecule has 4 aromatic rings. The van der Waals surface area contributed by atoms with Crippen LogP contribution in [0, 0.1) is 6.92 Å². The summed E-state index contributed by atoms with van der Waals surface area (Å²) in [6.45, 7) is 1.73. The molecule has 0 N–H and O–H groups in total. The van der Waals surface area contributed by atoms with E-state index in [9.17, 15) is 52.7 Å². The SMILES string of the molecule is CC(=O)OCOC(=O)CN(CC(=O)OCOC(C)=O)c1ccc(C)cc1OCCOc1cc2c(cc1N(CC(=O)OCOC(C)=O)CC(=O)OCOC(C)=O)C(=O)OC21c2ccc(OC(C)=O)cc2Oc2cc(OC(C)=O)ccc21. The lowest BCUT2D eigenvalue weighted by Gasteiger charge is -2.37.